The highest BCUT2D eigenvalue weighted by Gasteiger charge is 2.61. The van der Waals surface area contributed by atoms with E-state index in [0.717, 1.165) is 5.56 Å². The maximum atomic E-state index is 11.6. The smallest absolute Gasteiger partial charge is 0.309 e. The predicted molar refractivity (Wildman–Crippen MR) is 78.3 cm³/mol. The quantitative estimate of drug-likeness (QED) is 0.771. The van der Waals surface area contributed by atoms with Crippen LogP contribution in [0.4, 0.5) is 0 Å². The lowest BCUT2D eigenvalue weighted by Gasteiger charge is -1.99. The Bertz CT molecular complexity index is 535. The van der Waals surface area contributed by atoms with Crippen LogP contribution in [0.1, 0.15) is 19.4 Å². The molecule has 2 nitrogen and oxygen atoms in total. The monoisotopic (exact) mass is 298 g/mol. The van der Waals surface area contributed by atoms with E-state index in [4.69, 9.17) is 27.9 Å². The van der Waals surface area contributed by atoms with Crippen LogP contribution in [-0.4, -0.2) is 13.1 Å². The molecule has 0 spiro atoms. The van der Waals surface area contributed by atoms with Crippen LogP contribution in [0.3, 0.4) is 0 Å². The zero-order valence-electron chi connectivity index (χ0n) is 11.1. The maximum Gasteiger partial charge on any atom is 0.309 e. The Morgan fingerprint density at radius 3 is 2.63 bits per heavy atom. The third kappa shape index (κ3) is 2.80. The SMILES string of the molecule is COC(=O)C1C(/C=C/c2ccc(Cl)cc2Cl)C1(C)C. The number of halogens is 2. The largest absolute Gasteiger partial charge is 0.469 e. The van der Waals surface area contributed by atoms with E-state index in [-0.39, 0.29) is 23.2 Å². The second-order valence-electron chi connectivity index (χ2n) is 5.37. The number of hydrogen-bond acceptors (Lipinski definition) is 2. The highest BCUT2D eigenvalue weighted by molar-refractivity contribution is 6.35. The first-order chi connectivity index (χ1) is 8.87. The van der Waals surface area contributed by atoms with E-state index in [1.807, 2.05) is 18.2 Å². The van der Waals surface area contributed by atoms with E-state index in [9.17, 15) is 4.79 Å². The number of ether oxygens (including phenoxy) is 1. The summed E-state index contributed by atoms with van der Waals surface area (Å²) in [6, 6.07) is 5.37. The number of hydrogen-bond donors (Lipinski definition) is 0. The van der Waals surface area contributed by atoms with Crippen molar-refractivity contribution in [3.8, 4) is 0 Å². The van der Waals surface area contributed by atoms with Gasteiger partial charge in [0.1, 0.15) is 0 Å². The maximum absolute atomic E-state index is 11.6. The van der Waals surface area contributed by atoms with Crippen LogP contribution in [0.25, 0.3) is 6.08 Å². The number of methoxy groups -OCH3 is 1. The molecule has 1 aromatic carbocycles. The molecule has 4 heteroatoms. The van der Waals surface area contributed by atoms with Gasteiger partial charge < -0.3 is 4.74 Å². The normalized spacial score (nSPS) is 24.5. The summed E-state index contributed by atoms with van der Waals surface area (Å²) >= 11 is 12.0. The third-order valence-corrected chi connectivity index (χ3v) is 4.37. The Morgan fingerprint density at radius 1 is 1.37 bits per heavy atom. The van der Waals surface area contributed by atoms with E-state index in [2.05, 4.69) is 13.8 Å². The molecule has 19 heavy (non-hydrogen) atoms. The standard InChI is InChI=1S/C15H16Cl2O2/c1-15(2)11(13(15)14(18)19-3)7-5-9-4-6-10(16)8-12(9)17/h4-8,11,13H,1-3H3/b7-5+. The van der Waals surface area contributed by atoms with Gasteiger partial charge in [0.05, 0.1) is 13.0 Å². The molecule has 2 unspecified atom stereocenters. The summed E-state index contributed by atoms with van der Waals surface area (Å²) in [5.41, 5.74) is 0.847. The van der Waals surface area contributed by atoms with Gasteiger partial charge in [-0.2, -0.15) is 0 Å². The zero-order valence-corrected chi connectivity index (χ0v) is 12.6. The van der Waals surface area contributed by atoms with Crippen molar-refractivity contribution >= 4 is 35.2 Å². The molecule has 102 valence electrons. The second-order valence-corrected chi connectivity index (χ2v) is 6.22. The molecular weight excluding hydrogens is 283 g/mol. The van der Waals surface area contributed by atoms with Crippen LogP contribution < -0.4 is 0 Å². The third-order valence-electron chi connectivity index (χ3n) is 3.81. The van der Waals surface area contributed by atoms with Gasteiger partial charge in [-0.15, -0.1) is 0 Å². The minimum atomic E-state index is -0.151. The lowest BCUT2D eigenvalue weighted by Crippen LogP contribution is -2.07. The van der Waals surface area contributed by atoms with Crippen LogP contribution >= 0.6 is 23.2 Å². The fourth-order valence-corrected chi connectivity index (χ4v) is 2.93. The number of benzene rings is 1. The Labute approximate surface area is 123 Å². The van der Waals surface area contributed by atoms with Gasteiger partial charge >= 0.3 is 5.97 Å². The van der Waals surface area contributed by atoms with E-state index in [1.165, 1.54) is 7.11 Å². The van der Waals surface area contributed by atoms with Crippen LogP contribution in [0.2, 0.25) is 10.0 Å². The molecule has 1 aliphatic carbocycles. The molecule has 0 aromatic heterocycles. The lowest BCUT2D eigenvalue weighted by atomic mass is 10.1. The minimum absolute atomic E-state index is 0.0531. The molecule has 1 fully saturated rings. The predicted octanol–water partition coefficient (Wildman–Crippen LogP) is 4.45. The molecular formula is C15H16Cl2O2. The lowest BCUT2D eigenvalue weighted by molar-refractivity contribution is -0.143. The average molecular weight is 299 g/mol. The van der Waals surface area contributed by atoms with Gasteiger partial charge in [0.2, 0.25) is 0 Å². The van der Waals surface area contributed by atoms with Crippen LogP contribution in [-0.2, 0) is 9.53 Å². The Kier molecular flexibility index (Phi) is 3.93. The summed E-state index contributed by atoms with van der Waals surface area (Å²) in [5.74, 6) is -0.0339. The van der Waals surface area contributed by atoms with Crippen molar-refractivity contribution in [2.45, 2.75) is 13.8 Å². The van der Waals surface area contributed by atoms with Gasteiger partial charge in [0.25, 0.3) is 0 Å². The fourth-order valence-electron chi connectivity index (χ4n) is 2.46. The Morgan fingerprint density at radius 2 is 2.05 bits per heavy atom. The number of carbonyl (C=O) groups excluding carboxylic acids is 1. The first-order valence-electron chi connectivity index (χ1n) is 6.09. The molecule has 2 atom stereocenters. The Hall–Kier alpha value is -0.990. The number of allylic oxidation sites excluding steroid dienone is 1. The van der Waals surface area contributed by atoms with Gasteiger partial charge in [0.15, 0.2) is 0 Å². The molecule has 0 aliphatic heterocycles. The van der Waals surface area contributed by atoms with Gasteiger partial charge in [-0.3, -0.25) is 4.79 Å². The summed E-state index contributed by atoms with van der Waals surface area (Å²) in [4.78, 5) is 11.6. The molecule has 0 bridgehead atoms. The highest BCUT2D eigenvalue weighted by atomic mass is 35.5. The van der Waals surface area contributed by atoms with Gasteiger partial charge in [-0.25, -0.2) is 0 Å². The van der Waals surface area contributed by atoms with Crippen molar-refractivity contribution in [2.75, 3.05) is 7.11 Å². The highest BCUT2D eigenvalue weighted by Crippen LogP contribution is 2.59. The average Bonchev–Trinajstić information content (AvgIpc) is 2.89. The van der Waals surface area contributed by atoms with E-state index >= 15 is 0 Å². The van der Waals surface area contributed by atoms with Crippen LogP contribution in [0.5, 0.6) is 0 Å². The molecule has 1 aromatic rings. The molecule has 1 saturated carbocycles. The summed E-state index contributed by atoms with van der Waals surface area (Å²) in [6.45, 7) is 4.13. The molecule has 0 radical (unpaired) electrons. The second kappa shape index (κ2) is 5.18. The number of esters is 1. The molecule has 0 heterocycles. The summed E-state index contributed by atoms with van der Waals surface area (Å²) in [6.07, 6.45) is 3.96. The van der Waals surface area contributed by atoms with Crippen molar-refractivity contribution in [3.63, 3.8) is 0 Å². The topological polar surface area (TPSA) is 26.3 Å². The van der Waals surface area contributed by atoms with E-state index in [0.29, 0.717) is 10.0 Å². The van der Waals surface area contributed by atoms with E-state index in [1.54, 1.807) is 12.1 Å². The molecule has 2 rings (SSSR count). The number of rotatable bonds is 3. The first kappa shape index (κ1) is 14.4. The van der Waals surface area contributed by atoms with E-state index < -0.39 is 0 Å². The molecule has 0 N–H and O–H groups in total. The van der Waals surface area contributed by atoms with Crippen molar-refractivity contribution in [1.29, 1.82) is 0 Å². The van der Waals surface area contributed by atoms with Crippen molar-refractivity contribution in [3.05, 3.63) is 39.9 Å². The summed E-state index contributed by atoms with van der Waals surface area (Å²) < 4.78 is 4.82. The van der Waals surface area contributed by atoms with Crippen LogP contribution in [0.15, 0.2) is 24.3 Å². The van der Waals surface area contributed by atoms with Gasteiger partial charge in [0, 0.05) is 10.0 Å². The zero-order chi connectivity index (χ0) is 14.2. The van der Waals surface area contributed by atoms with Gasteiger partial charge in [-0.1, -0.05) is 55.3 Å². The minimum Gasteiger partial charge on any atom is -0.469 e. The van der Waals surface area contributed by atoms with Crippen molar-refractivity contribution in [1.82, 2.24) is 0 Å². The van der Waals surface area contributed by atoms with Crippen molar-refractivity contribution < 1.29 is 9.53 Å². The van der Waals surface area contributed by atoms with Crippen LogP contribution in [0, 0.1) is 17.3 Å². The molecule has 0 saturated heterocycles. The first-order valence-corrected chi connectivity index (χ1v) is 6.84. The van der Waals surface area contributed by atoms with Crippen molar-refractivity contribution in [2.24, 2.45) is 17.3 Å². The summed E-state index contributed by atoms with van der Waals surface area (Å²) in [5, 5.41) is 1.22. The molecule has 1 aliphatic rings. The molecule has 0 amide bonds. The summed E-state index contributed by atoms with van der Waals surface area (Å²) in [7, 11) is 1.42. The Balaban J connectivity index is 2.14. The van der Waals surface area contributed by atoms with Gasteiger partial charge in [-0.05, 0) is 29.0 Å². The fraction of sp³-hybridized carbons (Fsp3) is 0.400. The number of carbonyl (C=O) groups is 1.